The molecule has 5 nitrogen and oxygen atoms in total. The zero-order valence-corrected chi connectivity index (χ0v) is 20.4. The molecular formula is C23H25BrF2N2O3S. The van der Waals surface area contributed by atoms with Crippen molar-refractivity contribution in [2.24, 2.45) is 0 Å². The van der Waals surface area contributed by atoms with Gasteiger partial charge in [0.05, 0.1) is 21.8 Å². The van der Waals surface area contributed by atoms with E-state index in [-0.39, 0.29) is 17.7 Å². The molecule has 1 aliphatic rings. The van der Waals surface area contributed by atoms with Gasteiger partial charge in [-0.25, -0.2) is 17.7 Å². The number of hydrogen-bond acceptors (Lipinski definition) is 4. The van der Waals surface area contributed by atoms with Crippen molar-refractivity contribution < 1.29 is 22.5 Å². The van der Waals surface area contributed by atoms with Gasteiger partial charge in [0, 0.05) is 16.5 Å². The molecule has 3 rings (SSSR count). The molecule has 2 aromatic rings. The van der Waals surface area contributed by atoms with Gasteiger partial charge in [-0.05, 0) is 44.5 Å². The second-order valence-corrected chi connectivity index (χ2v) is 11.5. The topological polar surface area (TPSA) is 71.3 Å². The van der Waals surface area contributed by atoms with Gasteiger partial charge in [0.15, 0.2) is 0 Å². The summed E-state index contributed by atoms with van der Waals surface area (Å²) in [5.41, 5.74) is -1.16. The molecule has 0 amide bonds. The Bertz CT molecular complexity index is 1020. The van der Waals surface area contributed by atoms with Gasteiger partial charge >= 0.3 is 0 Å². The van der Waals surface area contributed by atoms with E-state index in [9.17, 15) is 4.21 Å². The zero-order chi connectivity index (χ0) is 23.6. The summed E-state index contributed by atoms with van der Waals surface area (Å²) in [4.78, 5) is 0. The Hall–Kier alpha value is -1.86. The van der Waals surface area contributed by atoms with Crippen molar-refractivity contribution in [2.45, 2.75) is 49.5 Å². The first-order chi connectivity index (χ1) is 15.0. The molecule has 0 saturated carbocycles. The number of hydrogen-bond donors (Lipinski definition) is 1. The standard InChI is InChI=1S/C23H25BrF2N2O3S/c1-21(2,3)32(29)28-22(23(25,26)15-30-12-11-27)14-20(16-7-5-4-6-8-16)31-19-10-9-17(24)13-18(19)22/h4-10,13,20,28H,12,14-15H2,1-3H3/t20?,22-,32+/m1/s1. The minimum Gasteiger partial charge on any atom is -0.485 e. The van der Waals surface area contributed by atoms with Gasteiger partial charge in [0.25, 0.3) is 5.92 Å². The van der Waals surface area contributed by atoms with E-state index in [0.717, 1.165) is 5.56 Å². The maximum absolute atomic E-state index is 16.0. The molecule has 1 aliphatic heterocycles. The molecule has 0 aliphatic carbocycles. The van der Waals surface area contributed by atoms with Crippen LogP contribution in [0.2, 0.25) is 0 Å². The molecule has 0 spiro atoms. The second kappa shape index (κ2) is 9.56. The smallest absolute Gasteiger partial charge is 0.293 e. The van der Waals surface area contributed by atoms with Crippen molar-refractivity contribution in [3.8, 4) is 11.8 Å². The summed E-state index contributed by atoms with van der Waals surface area (Å²) in [6, 6.07) is 15.7. The fourth-order valence-corrected chi connectivity index (χ4v) is 4.88. The Morgan fingerprint density at radius 1 is 1.28 bits per heavy atom. The lowest BCUT2D eigenvalue weighted by atomic mass is 9.76. The van der Waals surface area contributed by atoms with Gasteiger partial charge in [-0.15, -0.1) is 0 Å². The minimum absolute atomic E-state index is 0.183. The number of ether oxygens (including phenoxy) is 2. The van der Waals surface area contributed by atoms with Crippen LogP contribution in [0.4, 0.5) is 8.78 Å². The number of rotatable bonds is 7. The van der Waals surface area contributed by atoms with Crippen LogP contribution in [0.15, 0.2) is 53.0 Å². The van der Waals surface area contributed by atoms with Crippen LogP contribution in [-0.2, 0) is 21.3 Å². The Morgan fingerprint density at radius 3 is 2.59 bits per heavy atom. The first-order valence-corrected chi connectivity index (χ1v) is 12.0. The number of benzene rings is 2. The SMILES string of the molecule is CC(C)(C)[S@](=O)N[C@]1(C(F)(F)COCC#N)CC(c2ccccc2)Oc2ccc(Br)cc21. The third-order valence-corrected chi connectivity index (χ3v) is 7.37. The van der Waals surface area contributed by atoms with Crippen LogP contribution < -0.4 is 9.46 Å². The zero-order valence-electron chi connectivity index (χ0n) is 18.0. The maximum atomic E-state index is 16.0. The van der Waals surface area contributed by atoms with Crippen molar-refractivity contribution in [2.75, 3.05) is 13.2 Å². The Labute approximate surface area is 197 Å². The molecule has 9 heteroatoms. The van der Waals surface area contributed by atoms with Gasteiger partial charge in [-0.1, -0.05) is 46.3 Å². The van der Waals surface area contributed by atoms with Crippen molar-refractivity contribution in [1.82, 2.24) is 4.72 Å². The highest BCUT2D eigenvalue weighted by Gasteiger charge is 2.60. The predicted octanol–water partition coefficient (Wildman–Crippen LogP) is 5.40. The quantitative estimate of drug-likeness (QED) is 0.490. The first-order valence-electron chi connectivity index (χ1n) is 10.0. The molecule has 1 N–H and O–H groups in total. The number of alkyl halides is 2. The minimum atomic E-state index is -3.52. The molecule has 0 bridgehead atoms. The average Bonchev–Trinajstić information content (AvgIpc) is 2.73. The molecule has 32 heavy (non-hydrogen) atoms. The van der Waals surface area contributed by atoms with Gasteiger partial charge in [-0.3, -0.25) is 0 Å². The highest BCUT2D eigenvalue weighted by molar-refractivity contribution is 9.10. The van der Waals surface area contributed by atoms with Crippen molar-refractivity contribution >= 4 is 26.9 Å². The molecule has 172 valence electrons. The number of fused-ring (bicyclic) bond motifs is 1. The molecule has 1 heterocycles. The second-order valence-electron chi connectivity index (χ2n) is 8.61. The fourth-order valence-electron chi connectivity index (χ4n) is 3.55. The van der Waals surface area contributed by atoms with E-state index in [2.05, 4.69) is 20.7 Å². The molecule has 0 radical (unpaired) electrons. The van der Waals surface area contributed by atoms with E-state index in [4.69, 9.17) is 14.7 Å². The summed E-state index contributed by atoms with van der Waals surface area (Å²) in [6.07, 6.45) is -0.901. The average molecular weight is 527 g/mol. The fraction of sp³-hybridized carbons (Fsp3) is 0.435. The summed E-state index contributed by atoms with van der Waals surface area (Å²) in [6.45, 7) is 3.65. The Kier molecular flexibility index (Phi) is 7.40. The lowest BCUT2D eigenvalue weighted by Gasteiger charge is -2.47. The van der Waals surface area contributed by atoms with Crippen LogP contribution in [-0.4, -0.2) is 28.1 Å². The molecular weight excluding hydrogens is 502 g/mol. The van der Waals surface area contributed by atoms with E-state index in [1.165, 1.54) is 0 Å². The van der Waals surface area contributed by atoms with E-state index in [1.807, 2.05) is 30.3 Å². The van der Waals surface area contributed by atoms with E-state index in [1.54, 1.807) is 45.0 Å². The van der Waals surface area contributed by atoms with Crippen LogP contribution in [0.3, 0.4) is 0 Å². The van der Waals surface area contributed by atoms with Crippen LogP contribution in [0, 0.1) is 11.3 Å². The highest BCUT2D eigenvalue weighted by Crippen LogP contribution is 2.53. The molecule has 1 unspecified atom stereocenters. The summed E-state index contributed by atoms with van der Waals surface area (Å²) in [7, 11) is -1.83. The number of nitrogens with one attached hydrogen (secondary N) is 1. The molecule has 0 aromatic heterocycles. The largest absolute Gasteiger partial charge is 0.485 e. The van der Waals surface area contributed by atoms with Gasteiger partial charge < -0.3 is 9.47 Å². The third-order valence-electron chi connectivity index (χ3n) is 5.23. The molecule has 0 saturated heterocycles. The van der Waals surface area contributed by atoms with E-state index >= 15 is 8.78 Å². The van der Waals surface area contributed by atoms with E-state index < -0.39 is 46.5 Å². The van der Waals surface area contributed by atoms with Crippen LogP contribution in [0.1, 0.15) is 44.4 Å². The number of nitriles is 1. The first kappa shape index (κ1) is 24.8. The van der Waals surface area contributed by atoms with Crippen molar-refractivity contribution in [1.29, 1.82) is 5.26 Å². The van der Waals surface area contributed by atoms with Crippen LogP contribution in [0.25, 0.3) is 0 Å². The monoisotopic (exact) mass is 526 g/mol. The number of nitrogens with zero attached hydrogens (tertiary/aromatic N) is 1. The summed E-state index contributed by atoms with van der Waals surface area (Å²) in [5, 5.41) is 8.76. The van der Waals surface area contributed by atoms with Crippen LogP contribution >= 0.6 is 15.9 Å². The van der Waals surface area contributed by atoms with Crippen LogP contribution in [0.5, 0.6) is 5.75 Å². The lowest BCUT2D eigenvalue weighted by Crippen LogP contribution is -2.62. The Balaban J connectivity index is 2.20. The Morgan fingerprint density at radius 2 is 1.97 bits per heavy atom. The molecule has 0 fully saturated rings. The summed E-state index contributed by atoms with van der Waals surface area (Å²) < 4.78 is 58.9. The lowest BCUT2D eigenvalue weighted by molar-refractivity contribution is -0.148. The molecule has 2 aromatic carbocycles. The van der Waals surface area contributed by atoms with Crippen molar-refractivity contribution in [3.63, 3.8) is 0 Å². The molecule has 3 atom stereocenters. The number of halogens is 3. The maximum Gasteiger partial charge on any atom is 0.293 e. The van der Waals surface area contributed by atoms with Gasteiger partial charge in [0.2, 0.25) is 0 Å². The van der Waals surface area contributed by atoms with Gasteiger partial charge in [0.1, 0.15) is 30.6 Å². The van der Waals surface area contributed by atoms with Crippen molar-refractivity contribution in [3.05, 3.63) is 64.1 Å². The summed E-state index contributed by atoms with van der Waals surface area (Å²) >= 11 is 3.36. The van der Waals surface area contributed by atoms with E-state index in [0.29, 0.717) is 4.47 Å². The normalized spacial score (nSPS) is 21.8. The predicted molar refractivity (Wildman–Crippen MR) is 123 cm³/mol. The third kappa shape index (κ3) is 5.04. The highest BCUT2D eigenvalue weighted by atomic mass is 79.9. The van der Waals surface area contributed by atoms with Gasteiger partial charge in [-0.2, -0.15) is 5.26 Å². The summed E-state index contributed by atoms with van der Waals surface area (Å²) in [5.74, 6) is -3.25.